The monoisotopic (exact) mass is 443 g/mol. The summed E-state index contributed by atoms with van der Waals surface area (Å²) in [5.74, 6) is -0.750. The summed E-state index contributed by atoms with van der Waals surface area (Å²) >= 11 is 0. The van der Waals surface area contributed by atoms with Gasteiger partial charge in [0, 0.05) is 32.7 Å². The van der Waals surface area contributed by atoms with E-state index >= 15 is 0 Å². The zero-order valence-corrected chi connectivity index (χ0v) is 17.5. The fraction of sp³-hybridized carbons (Fsp3) is 0.333. The van der Waals surface area contributed by atoms with Gasteiger partial charge in [0.2, 0.25) is 5.91 Å². The van der Waals surface area contributed by atoms with E-state index in [1.807, 2.05) is 35.2 Å². The Hall–Kier alpha value is -2.97. The number of benzene rings is 2. The largest absolute Gasteiger partial charge is 0.416 e. The molecular weight excluding hydrogens is 419 g/mol. The van der Waals surface area contributed by atoms with Crippen molar-refractivity contribution < 1.29 is 22.8 Å². The quantitative estimate of drug-likeness (QED) is 0.662. The third-order valence-corrected chi connectivity index (χ3v) is 5.90. The third-order valence-electron chi connectivity index (χ3n) is 5.90. The lowest BCUT2D eigenvalue weighted by atomic mass is 10.1. The molecule has 5 nitrogen and oxygen atoms in total. The molecule has 2 fully saturated rings. The molecule has 2 aliphatic heterocycles. The zero-order valence-electron chi connectivity index (χ0n) is 17.5. The number of nitrogens with zero attached hydrogens (tertiary/aromatic N) is 3. The maximum atomic E-state index is 12.9. The summed E-state index contributed by atoms with van der Waals surface area (Å²) in [6.07, 6.45) is -0.223. The number of halogens is 3. The third kappa shape index (κ3) is 4.92. The van der Waals surface area contributed by atoms with E-state index in [9.17, 15) is 22.8 Å². The Labute approximate surface area is 184 Å². The Kier molecular flexibility index (Phi) is 6.43. The summed E-state index contributed by atoms with van der Waals surface area (Å²) in [7, 11) is 0. The average molecular weight is 443 g/mol. The van der Waals surface area contributed by atoms with Crippen LogP contribution in [-0.4, -0.2) is 60.4 Å². The first-order valence-electron chi connectivity index (χ1n) is 10.5. The minimum Gasteiger partial charge on any atom is -0.297 e. The van der Waals surface area contributed by atoms with Crippen molar-refractivity contribution in [2.24, 2.45) is 0 Å². The number of rotatable bonds is 5. The van der Waals surface area contributed by atoms with Crippen LogP contribution in [0.2, 0.25) is 0 Å². The van der Waals surface area contributed by atoms with Gasteiger partial charge in [0.1, 0.15) is 0 Å². The summed E-state index contributed by atoms with van der Waals surface area (Å²) in [6, 6.07) is 13.6. The topological polar surface area (TPSA) is 43.9 Å². The van der Waals surface area contributed by atoms with Crippen LogP contribution in [0.5, 0.6) is 0 Å². The molecule has 4 rings (SSSR count). The van der Waals surface area contributed by atoms with Gasteiger partial charge < -0.3 is 0 Å². The Morgan fingerprint density at radius 2 is 1.56 bits per heavy atom. The first kappa shape index (κ1) is 22.2. The van der Waals surface area contributed by atoms with Gasteiger partial charge in [0.25, 0.3) is 5.91 Å². The Morgan fingerprint density at radius 1 is 0.906 bits per heavy atom. The fourth-order valence-corrected chi connectivity index (χ4v) is 4.13. The summed E-state index contributed by atoms with van der Waals surface area (Å²) in [6.45, 7) is 3.67. The molecule has 0 N–H and O–H groups in total. The molecule has 0 saturated carbocycles. The summed E-state index contributed by atoms with van der Waals surface area (Å²) in [5, 5.41) is 0. The smallest absolute Gasteiger partial charge is 0.297 e. The van der Waals surface area contributed by atoms with Crippen molar-refractivity contribution in [2.75, 3.05) is 37.6 Å². The van der Waals surface area contributed by atoms with E-state index < -0.39 is 17.8 Å². The maximum Gasteiger partial charge on any atom is 0.416 e. The Morgan fingerprint density at radius 3 is 2.19 bits per heavy atom. The minimum absolute atomic E-state index is 0.0494. The molecule has 2 heterocycles. The maximum absolute atomic E-state index is 12.9. The molecule has 1 atom stereocenters. The number of imide groups is 1. The number of hydrogen-bond acceptors (Lipinski definition) is 4. The van der Waals surface area contributed by atoms with Crippen LogP contribution in [0.15, 0.2) is 60.7 Å². The number of anilines is 1. The summed E-state index contributed by atoms with van der Waals surface area (Å²) < 4.78 is 38.4. The molecule has 168 valence electrons. The van der Waals surface area contributed by atoms with Gasteiger partial charge in [-0.1, -0.05) is 42.5 Å². The highest BCUT2D eigenvalue weighted by molar-refractivity contribution is 6.22. The second kappa shape index (κ2) is 9.26. The van der Waals surface area contributed by atoms with Crippen molar-refractivity contribution in [3.05, 3.63) is 71.8 Å². The predicted molar refractivity (Wildman–Crippen MR) is 116 cm³/mol. The van der Waals surface area contributed by atoms with E-state index in [0.717, 1.165) is 42.2 Å². The molecule has 2 amide bonds. The van der Waals surface area contributed by atoms with Gasteiger partial charge in [-0.05, 0) is 29.8 Å². The first-order chi connectivity index (χ1) is 15.3. The standard InChI is InChI=1S/C24H24F3N3O2/c25-24(26,27)19-8-10-20(11-9-19)30-22(31)17-21(23(30)32)29-15-13-28(14-16-29)12-4-7-18-5-2-1-3-6-18/h1-11,21H,12-17H2/b7-4+/t21-/m1/s1. The normalized spacial score (nSPS) is 21.1. The first-order valence-corrected chi connectivity index (χ1v) is 10.5. The van der Waals surface area contributed by atoms with E-state index in [4.69, 9.17) is 0 Å². The molecular formula is C24H24F3N3O2. The Balaban J connectivity index is 1.33. The Bertz CT molecular complexity index is 982. The molecule has 2 saturated heterocycles. The zero-order chi connectivity index (χ0) is 22.7. The van der Waals surface area contributed by atoms with Gasteiger partial charge in [0.05, 0.1) is 23.7 Å². The van der Waals surface area contributed by atoms with Crippen LogP contribution in [0.25, 0.3) is 6.08 Å². The lowest BCUT2D eigenvalue weighted by Crippen LogP contribution is -2.52. The van der Waals surface area contributed by atoms with Crippen molar-refractivity contribution in [1.29, 1.82) is 0 Å². The number of carbonyl (C=O) groups is 2. The van der Waals surface area contributed by atoms with E-state index in [-0.39, 0.29) is 23.9 Å². The van der Waals surface area contributed by atoms with Crippen molar-refractivity contribution in [3.63, 3.8) is 0 Å². The van der Waals surface area contributed by atoms with Crippen molar-refractivity contribution in [3.8, 4) is 0 Å². The molecule has 32 heavy (non-hydrogen) atoms. The number of hydrogen-bond donors (Lipinski definition) is 0. The number of alkyl halides is 3. The van der Waals surface area contributed by atoms with Gasteiger partial charge >= 0.3 is 6.18 Å². The number of piperazine rings is 1. The molecule has 8 heteroatoms. The van der Waals surface area contributed by atoms with E-state index in [1.165, 1.54) is 12.1 Å². The van der Waals surface area contributed by atoms with Crippen molar-refractivity contribution in [1.82, 2.24) is 9.80 Å². The van der Waals surface area contributed by atoms with Gasteiger partial charge in [-0.25, -0.2) is 4.90 Å². The van der Waals surface area contributed by atoms with Crippen LogP contribution in [0.4, 0.5) is 18.9 Å². The van der Waals surface area contributed by atoms with Crippen LogP contribution >= 0.6 is 0 Å². The van der Waals surface area contributed by atoms with Crippen LogP contribution < -0.4 is 4.90 Å². The summed E-state index contributed by atoms with van der Waals surface area (Å²) in [5.41, 5.74) is 0.513. The van der Waals surface area contributed by atoms with Gasteiger partial charge in [-0.15, -0.1) is 0 Å². The van der Waals surface area contributed by atoms with Crippen LogP contribution in [0, 0.1) is 0 Å². The molecule has 0 bridgehead atoms. The minimum atomic E-state index is -4.46. The molecule has 2 aromatic carbocycles. The second-order valence-electron chi connectivity index (χ2n) is 7.98. The van der Waals surface area contributed by atoms with E-state index in [1.54, 1.807) is 0 Å². The van der Waals surface area contributed by atoms with Crippen molar-refractivity contribution >= 4 is 23.6 Å². The van der Waals surface area contributed by atoms with E-state index in [0.29, 0.717) is 13.1 Å². The van der Waals surface area contributed by atoms with Crippen LogP contribution in [0.3, 0.4) is 0 Å². The van der Waals surface area contributed by atoms with Crippen LogP contribution in [0.1, 0.15) is 17.5 Å². The van der Waals surface area contributed by atoms with Crippen LogP contribution in [-0.2, 0) is 15.8 Å². The summed E-state index contributed by atoms with van der Waals surface area (Å²) in [4.78, 5) is 30.7. The lowest BCUT2D eigenvalue weighted by molar-refractivity contribution is -0.137. The molecule has 0 aliphatic carbocycles. The molecule has 2 aliphatic rings. The highest BCUT2D eigenvalue weighted by atomic mass is 19.4. The van der Waals surface area contributed by atoms with Gasteiger partial charge in [-0.3, -0.25) is 19.4 Å². The van der Waals surface area contributed by atoms with Gasteiger partial charge in [0.15, 0.2) is 0 Å². The average Bonchev–Trinajstić information content (AvgIpc) is 3.08. The highest BCUT2D eigenvalue weighted by Gasteiger charge is 2.43. The lowest BCUT2D eigenvalue weighted by Gasteiger charge is -2.36. The molecule has 0 spiro atoms. The predicted octanol–water partition coefficient (Wildman–Crippen LogP) is 3.67. The number of amides is 2. The highest BCUT2D eigenvalue weighted by Crippen LogP contribution is 2.32. The number of carbonyl (C=O) groups excluding carboxylic acids is 2. The molecule has 0 aromatic heterocycles. The second-order valence-corrected chi connectivity index (χ2v) is 7.98. The fourth-order valence-electron chi connectivity index (χ4n) is 4.13. The van der Waals surface area contributed by atoms with Crippen molar-refractivity contribution in [2.45, 2.75) is 18.6 Å². The molecule has 0 unspecified atom stereocenters. The van der Waals surface area contributed by atoms with E-state index in [2.05, 4.69) is 17.1 Å². The SMILES string of the molecule is O=C1C[C@@H](N2CCN(C/C=C/c3ccccc3)CC2)C(=O)N1c1ccc(C(F)(F)F)cc1. The molecule has 2 aromatic rings. The van der Waals surface area contributed by atoms with Gasteiger partial charge in [-0.2, -0.15) is 13.2 Å². The molecule has 0 radical (unpaired) electrons.